The number of carboxylic acids is 1. The smallest absolute Gasteiger partial charge is 0.343 e. The van der Waals surface area contributed by atoms with Gasteiger partial charge in [0.2, 0.25) is 0 Å². The third kappa shape index (κ3) is 3.19. The molecule has 6 nitrogen and oxygen atoms in total. The van der Waals surface area contributed by atoms with Crippen LogP contribution in [0.15, 0.2) is 41.6 Å². The Kier molecular flexibility index (Phi) is 3.92. The Balaban J connectivity index is 2.06. The monoisotopic (exact) mass is 259 g/mol. The van der Waals surface area contributed by atoms with E-state index >= 15 is 0 Å². The van der Waals surface area contributed by atoms with E-state index in [0.717, 1.165) is 5.56 Å². The van der Waals surface area contributed by atoms with Crippen LogP contribution in [0, 0.1) is 0 Å². The van der Waals surface area contributed by atoms with Gasteiger partial charge in [0.05, 0.1) is 5.69 Å². The lowest BCUT2D eigenvalue weighted by molar-refractivity contribution is 0.0696. The van der Waals surface area contributed by atoms with Crippen molar-refractivity contribution >= 4 is 11.7 Å². The highest BCUT2D eigenvalue weighted by Crippen LogP contribution is 2.10. The molecule has 0 spiro atoms. The standard InChI is InChI=1S/C13H13N3O3/c17-12-11(13(18)19)10(4-7-16-12)15-6-3-9-2-1-5-14-8-9/h1-2,4-5,7-8H,3,6H2,(H,18,19)(H2,15,16,17). The molecule has 0 saturated carbocycles. The second-order valence-electron chi connectivity index (χ2n) is 3.94. The van der Waals surface area contributed by atoms with Crippen LogP contribution in [-0.4, -0.2) is 27.6 Å². The zero-order chi connectivity index (χ0) is 13.7. The maximum absolute atomic E-state index is 11.4. The van der Waals surface area contributed by atoms with Crippen LogP contribution in [0.1, 0.15) is 15.9 Å². The average molecular weight is 259 g/mol. The fourth-order valence-electron chi connectivity index (χ4n) is 1.73. The Labute approximate surface area is 109 Å². The van der Waals surface area contributed by atoms with Gasteiger partial charge in [-0.2, -0.15) is 0 Å². The van der Waals surface area contributed by atoms with Gasteiger partial charge in [0.1, 0.15) is 5.56 Å². The van der Waals surface area contributed by atoms with Gasteiger partial charge in [-0.3, -0.25) is 9.78 Å². The molecule has 19 heavy (non-hydrogen) atoms. The number of hydrogen-bond donors (Lipinski definition) is 3. The summed E-state index contributed by atoms with van der Waals surface area (Å²) in [6.45, 7) is 0.523. The minimum absolute atomic E-state index is 0.270. The molecule has 0 radical (unpaired) electrons. The minimum Gasteiger partial charge on any atom is -0.477 e. The molecule has 0 amide bonds. The number of anilines is 1. The number of pyridine rings is 2. The summed E-state index contributed by atoms with van der Waals surface area (Å²) in [6, 6.07) is 5.31. The summed E-state index contributed by atoms with van der Waals surface area (Å²) in [7, 11) is 0. The number of hydrogen-bond acceptors (Lipinski definition) is 4. The van der Waals surface area contributed by atoms with Crippen LogP contribution in [-0.2, 0) is 6.42 Å². The summed E-state index contributed by atoms with van der Waals surface area (Å²) in [6.07, 6.45) is 5.55. The van der Waals surface area contributed by atoms with Crippen LogP contribution >= 0.6 is 0 Å². The Morgan fingerprint density at radius 3 is 2.95 bits per heavy atom. The molecule has 2 rings (SSSR count). The summed E-state index contributed by atoms with van der Waals surface area (Å²) in [5.74, 6) is -1.24. The molecule has 0 aliphatic heterocycles. The Morgan fingerprint density at radius 2 is 2.26 bits per heavy atom. The van der Waals surface area contributed by atoms with Gasteiger partial charge in [0.15, 0.2) is 0 Å². The quantitative estimate of drug-likeness (QED) is 0.748. The second-order valence-corrected chi connectivity index (χ2v) is 3.94. The van der Waals surface area contributed by atoms with Gasteiger partial charge in [-0.15, -0.1) is 0 Å². The van der Waals surface area contributed by atoms with Crippen molar-refractivity contribution in [2.75, 3.05) is 11.9 Å². The SMILES string of the molecule is O=C(O)c1c(NCCc2cccnc2)cc[nH]c1=O. The van der Waals surface area contributed by atoms with E-state index in [1.54, 1.807) is 12.4 Å². The van der Waals surface area contributed by atoms with Gasteiger partial charge in [0.25, 0.3) is 5.56 Å². The highest BCUT2D eigenvalue weighted by molar-refractivity contribution is 5.93. The molecule has 0 fully saturated rings. The highest BCUT2D eigenvalue weighted by atomic mass is 16.4. The molecule has 2 heterocycles. The van der Waals surface area contributed by atoms with E-state index in [1.165, 1.54) is 12.3 Å². The molecule has 0 aliphatic carbocycles. The molecule has 0 saturated heterocycles. The summed E-state index contributed by atoms with van der Waals surface area (Å²) < 4.78 is 0. The molecule has 0 unspecified atom stereocenters. The number of nitrogens with zero attached hydrogens (tertiary/aromatic N) is 1. The van der Waals surface area contributed by atoms with Crippen LogP contribution < -0.4 is 10.9 Å². The molecule has 0 aliphatic rings. The Bertz CT molecular complexity index is 623. The highest BCUT2D eigenvalue weighted by Gasteiger charge is 2.13. The molecule has 98 valence electrons. The van der Waals surface area contributed by atoms with E-state index in [4.69, 9.17) is 5.11 Å². The molecule has 6 heteroatoms. The zero-order valence-corrected chi connectivity index (χ0v) is 10.1. The van der Waals surface area contributed by atoms with E-state index in [0.29, 0.717) is 18.7 Å². The van der Waals surface area contributed by atoms with Crippen molar-refractivity contribution in [3.8, 4) is 0 Å². The predicted octanol–water partition coefficient (Wildman–Crippen LogP) is 1.12. The van der Waals surface area contributed by atoms with Gasteiger partial charge >= 0.3 is 5.97 Å². The first kappa shape index (κ1) is 12.8. The lowest BCUT2D eigenvalue weighted by Gasteiger charge is -2.08. The Morgan fingerprint density at radius 1 is 1.42 bits per heavy atom. The predicted molar refractivity (Wildman–Crippen MR) is 70.5 cm³/mol. The average Bonchev–Trinajstić information content (AvgIpc) is 2.39. The van der Waals surface area contributed by atoms with Gasteiger partial charge in [-0.05, 0) is 24.1 Å². The van der Waals surface area contributed by atoms with Crippen LogP contribution in [0.5, 0.6) is 0 Å². The van der Waals surface area contributed by atoms with E-state index in [1.807, 2.05) is 12.1 Å². The Hall–Kier alpha value is -2.63. The maximum Gasteiger partial charge on any atom is 0.343 e. The van der Waals surface area contributed by atoms with Crippen LogP contribution in [0.3, 0.4) is 0 Å². The van der Waals surface area contributed by atoms with E-state index < -0.39 is 11.5 Å². The molecule has 0 aromatic carbocycles. The van der Waals surface area contributed by atoms with Gasteiger partial charge in [-0.25, -0.2) is 4.79 Å². The molecule has 0 bridgehead atoms. The summed E-state index contributed by atoms with van der Waals surface area (Å²) in [4.78, 5) is 28.8. The second kappa shape index (κ2) is 5.81. The lowest BCUT2D eigenvalue weighted by atomic mass is 10.2. The van der Waals surface area contributed by atoms with Crippen molar-refractivity contribution in [2.45, 2.75) is 6.42 Å². The third-order valence-electron chi connectivity index (χ3n) is 2.63. The summed E-state index contributed by atoms with van der Waals surface area (Å²) in [5, 5.41) is 11.9. The molecule has 2 aromatic heterocycles. The molecule has 3 N–H and O–H groups in total. The number of H-pyrrole nitrogens is 1. The number of aromatic nitrogens is 2. The number of carboxylic acid groups (broad SMARTS) is 1. The molecule has 0 atom stereocenters. The van der Waals surface area contributed by atoms with Crippen molar-refractivity contribution in [2.24, 2.45) is 0 Å². The first-order valence-electron chi connectivity index (χ1n) is 5.76. The number of aromatic amines is 1. The van der Waals surface area contributed by atoms with Crippen LogP contribution in [0.4, 0.5) is 5.69 Å². The van der Waals surface area contributed by atoms with E-state index in [2.05, 4.69) is 15.3 Å². The number of aromatic carboxylic acids is 1. The normalized spacial score (nSPS) is 10.1. The van der Waals surface area contributed by atoms with E-state index in [-0.39, 0.29) is 5.56 Å². The largest absolute Gasteiger partial charge is 0.477 e. The summed E-state index contributed by atoms with van der Waals surface area (Å²) in [5.41, 5.74) is 0.476. The van der Waals surface area contributed by atoms with Crippen LogP contribution in [0.25, 0.3) is 0 Å². The van der Waals surface area contributed by atoms with E-state index in [9.17, 15) is 9.59 Å². The van der Waals surface area contributed by atoms with Crippen molar-refractivity contribution < 1.29 is 9.90 Å². The minimum atomic E-state index is -1.24. The first-order chi connectivity index (χ1) is 9.18. The first-order valence-corrected chi connectivity index (χ1v) is 5.76. The zero-order valence-electron chi connectivity index (χ0n) is 10.1. The third-order valence-corrected chi connectivity index (χ3v) is 2.63. The van der Waals surface area contributed by atoms with Gasteiger partial charge in [-0.1, -0.05) is 6.07 Å². The molecular weight excluding hydrogens is 246 g/mol. The lowest BCUT2D eigenvalue weighted by Crippen LogP contribution is -2.20. The van der Waals surface area contributed by atoms with Crippen LogP contribution in [0.2, 0.25) is 0 Å². The fourth-order valence-corrected chi connectivity index (χ4v) is 1.73. The number of carbonyl (C=O) groups is 1. The van der Waals surface area contributed by atoms with Crippen molar-refractivity contribution in [1.29, 1.82) is 0 Å². The number of nitrogens with one attached hydrogen (secondary N) is 2. The summed E-state index contributed by atoms with van der Waals surface area (Å²) >= 11 is 0. The molecule has 2 aromatic rings. The number of rotatable bonds is 5. The maximum atomic E-state index is 11.4. The topological polar surface area (TPSA) is 95.1 Å². The molecular formula is C13H13N3O3. The van der Waals surface area contributed by atoms with Crippen molar-refractivity contribution in [3.05, 3.63) is 58.3 Å². The van der Waals surface area contributed by atoms with Gasteiger partial charge in [0, 0.05) is 25.1 Å². The van der Waals surface area contributed by atoms with Crippen molar-refractivity contribution in [1.82, 2.24) is 9.97 Å². The van der Waals surface area contributed by atoms with Crippen molar-refractivity contribution in [3.63, 3.8) is 0 Å². The fraction of sp³-hybridized carbons (Fsp3) is 0.154. The van der Waals surface area contributed by atoms with Gasteiger partial charge < -0.3 is 15.4 Å².